The summed E-state index contributed by atoms with van der Waals surface area (Å²) in [5, 5.41) is 12.9. The molecule has 3 amide bonds. The number of para-hydroxylation sites is 1. The van der Waals surface area contributed by atoms with Crippen molar-refractivity contribution in [2.24, 2.45) is 5.92 Å². The molecule has 8 nitrogen and oxygen atoms in total. The molecule has 0 saturated carbocycles. The number of carbonyl (C=O) groups is 3. The molecule has 1 heterocycles. The van der Waals surface area contributed by atoms with Crippen LogP contribution in [0.4, 0.5) is 10.1 Å². The molecule has 196 valence electrons. The van der Waals surface area contributed by atoms with Crippen molar-refractivity contribution < 1.29 is 23.5 Å². The highest BCUT2D eigenvalue weighted by Crippen LogP contribution is 2.41. The van der Waals surface area contributed by atoms with E-state index in [1.165, 1.54) is 43.1 Å². The molecule has 3 atom stereocenters. The maximum atomic E-state index is 14.3. The third kappa shape index (κ3) is 5.43. The number of nitrogens with one attached hydrogen (secondary N) is 1. The fourth-order valence-corrected chi connectivity index (χ4v) is 4.72. The molecule has 0 aliphatic carbocycles. The van der Waals surface area contributed by atoms with E-state index in [0.717, 1.165) is 11.6 Å². The monoisotopic (exact) mass is 508 g/mol. The largest absolute Gasteiger partial charge is 0.494 e. The molecule has 1 aliphatic heterocycles. The summed E-state index contributed by atoms with van der Waals surface area (Å²) in [5.74, 6) is -1.81. The van der Waals surface area contributed by atoms with E-state index >= 15 is 0 Å². The third-order valence-electron chi connectivity index (χ3n) is 7.00. The number of nitrogens with zero attached hydrogens (tertiary/aromatic N) is 3. The fourth-order valence-electron chi connectivity index (χ4n) is 4.72. The van der Waals surface area contributed by atoms with E-state index in [4.69, 9.17) is 4.74 Å². The van der Waals surface area contributed by atoms with Crippen LogP contribution in [0, 0.1) is 23.1 Å². The van der Waals surface area contributed by atoms with Gasteiger partial charge in [0.25, 0.3) is 5.91 Å². The number of amides is 3. The Morgan fingerprint density at radius 3 is 2.43 bits per heavy atom. The minimum atomic E-state index is -0.999. The number of halogens is 1. The number of benzene rings is 2. The van der Waals surface area contributed by atoms with Crippen molar-refractivity contribution in [3.05, 3.63) is 59.4 Å². The highest BCUT2D eigenvalue weighted by molar-refractivity contribution is 6.06. The minimum Gasteiger partial charge on any atom is -0.494 e. The minimum absolute atomic E-state index is 0.0108. The van der Waals surface area contributed by atoms with E-state index in [0.29, 0.717) is 12.1 Å². The molecule has 0 fully saturated rings. The topological polar surface area (TPSA) is 103 Å². The number of likely N-dealkylation sites (N-methyl/N-ethyl adjacent to an activating group) is 2. The second-order valence-electron chi connectivity index (χ2n) is 10.0. The molecule has 0 aromatic heterocycles. The predicted octanol–water partition coefficient (Wildman–Crippen LogP) is 3.97. The number of ether oxygens (including phenoxy) is 1. The van der Waals surface area contributed by atoms with Crippen molar-refractivity contribution >= 4 is 23.4 Å². The molecule has 1 aliphatic rings. The van der Waals surface area contributed by atoms with Crippen molar-refractivity contribution in [3.8, 4) is 11.8 Å². The van der Waals surface area contributed by atoms with Gasteiger partial charge in [-0.3, -0.25) is 14.4 Å². The van der Waals surface area contributed by atoms with Crippen LogP contribution >= 0.6 is 0 Å². The van der Waals surface area contributed by atoms with Gasteiger partial charge < -0.3 is 19.9 Å². The maximum Gasteiger partial charge on any atom is 0.254 e. The Balaban J connectivity index is 1.86. The number of rotatable bonds is 9. The number of fused-ring (bicyclic) bond motifs is 1. The van der Waals surface area contributed by atoms with Crippen molar-refractivity contribution in [3.63, 3.8) is 0 Å². The number of nitriles is 1. The van der Waals surface area contributed by atoms with Crippen LogP contribution in [0.5, 0.6) is 5.75 Å². The zero-order valence-corrected chi connectivity index (χ0v) is 22.0. The Morgan fingerprint density at radius 2 is 1.84 bits per heavy atom. The Kier molecular flexibility index (Phi) is 8.22. The Morgan fingerprint density at radius 1 is 1.16 bits per heavy atom. The standard InChI is InChI=1S/C28H33FN4O4/c1-17(2)13-23(33(5)25(34)18-11-12-24(37-6)21(29)14-18)26(35)32(4)19(16-30)15-28(3)20-9-7-8-10-22(20)31-27(28)36/h7-12,14,17,19,23H,13,15H2,1-6H3,(H,31,36)/t19-,23-,28+/m0/s1. The number of hydrogen-bond acceptors (Lipinski definition) is 5. The van der Waals surface area contributed by atoms with Crippen molar-refractivity contribution in [2.75, 3.05) is 26.5 Å². The van der Waals surface area contributed by atoms with Gasteiger partial charge in [-0.25, -0.2) is 4.39 Å². The Hall–Kier alpha value is -3.93. The lowest BCUT2D eigenvalue weighted by Gasteiger charge is -2.35. The van der Waals surface area contributed by atoms with Crippen molar-refractivity contribution in [2.45, 2.75) is 51.1 Å². The first-order valence-electron chi connectivity index (χ1n) is 12.1. The van der Waals surface area contributed by atoms with E-state index < -0.39 is 35.1 Å². The van der Waals surface area contributed by atoms with Gasteiger partial charge in [-0.1, -0.05) is 32.0 Å². The second-order valence-corrected chi connectivity index (χ2v) is 10.0. The molecular formula is C28H33FN4O4. The Labute approximate surface area is 217 Å². The molecule has 0 unspecified atom stereocenters. The first-order chi connectivity index (χ1) is 17.4. The van der Waals surface area contributed by atoms with Gasteiger partial charge in [0.1, 0.15) is 12.1 Å². The molecule has 2 aromatic carbocycles. The van der Waals surface area contributed by atoms with Gasteiger partial charge in [0.15, 0.2) is 11.6 Å². The summed E-state index contributed by atoms with van der Waals surface area (Å²) >= 11 is 0. The molecule has 0 spiro atoms. The third-order valence-corrected chi connectivity index (χ3v) is 7.00. The average molecular weight is 509 g/mol. The van der Waals surface area contributed by atoms with E-state index in [-0.39, 0.29) is 29.6 Å². The molecule has 0 saturated heterocycles. The van der Waals surface area contributed by atoms with Crippen LogP contribution in [0.3, 0.4) is 0 Å². The molecule has 0 bridgehead atoms. The smallest absolute Gasteiger partial charge is 0.254 e. The number of anilines is 1. The van der Waals surface area contributed by atoms with Gasteiger partial charge in [-0.2, -0.15) is 5.26 Å². The molecule has 2 aromatic rings. The fraction of sp³-hybridized carbons (Fsp3) is 0.429. The lowest BCUT2D eigenvalue weighted by molar-refractivity contribution is -0.137. The molecule has 1 N–H and O–H groups in total. The summed E-state index contributed by atoms with van der Waals surface area (Å²) in [4.78, 5) is 42.4. The van der Waals surface area contributed by atoms with E-state index in [1.807, 2.05) is 32.0 Å². The SMILES string of the molecule is COc1ccc(C(=O)N(C)[C@@H](CC(C)C)C(=O)N(C)[C@H](C#N)C[C@@]2(C)C(=O)Nc3ccccc32)cc1F. The van der Waals surface area contributed by atoms with E-state index in [9.17, 15) is 24.0 Å². The van der Waals surface area contributed by atoms with Crippen LogP contribution in [-0.4, -0.2) is 60.8 Å². The summed E-state index contributed by atoms with van der Waals surface area (Å²) in [7, 11) is 4.34. The molecule has 37 heavy (non-hydrogen) atoms. The molecular weight excluding hydrogens is 475 g/mol. The van der Waals surface area contributed by atoms with Crippen LogP contribution in [0.15, 0.2) is 42.5 Å². The highest BCUT2D eigenvalue weighted by atomic mass is 19.1. The number of hydrogen-bond donors (Lipinski definition) is 1. The van der Waals surface area contributed by atoms with Crippen LogP contribution in [0.2, 0.25) is 0 Å². The van der Waals surface area contributed by atoms with Gasteiger partial charge in [0.05, 0.1) is 18.6 Å². The second kappa shape index (κ2) is 11.0. The van der Waals surface area contributed by atoms with Crippen LogP contribution < -0.4 is 10.1 Å². The normalized spacial score (nSPS) is 17.9. The average Bonchev–Trinajstić information content (AvgIpc) is 3.13. The maximum absolute atomic E-state index is 14.3. The lowest BCUT2D eigenvalue weighted by atomic mass is 9.78. The quantitative estimate of drug-likeness (QED) is 0.552. The summed E-state index contributed by atoms with van der Waals surface area (Å²) in [6.07, 6.45) is 0.424. The molecule has 9 heteroatoms. The molecule has 3 rings (SSSR count). The van der Waals surface area contributed by atoms with Gasteiger partial charge in [0.2, 0.25) is 11.8 Å². The van der Waals surface area contributed by atoms with Crippen LogP contribution in [-0.2, 0) is 15.0 Å². The zero-order chi connectivity index (χ0) is 27.5. The van der Waals surface area contributed by atoms with Crippen molar-refractivity contribution in [1.82, 2.24) is 9.80 Å². The first-order valence-corrected chi connectivity index (χ1v) is 12.1. The summed E-state index contributed by atoms with van der Waals surface area (Å²) in [6.45, 7) is 5.61. The van der Waals surface area contributed by atoms with E-state index in [2.05, 4.69) is 11.4 Å². The summed E-state index contributed by atoms with van der Waals surface area (Å²) in [5.41, 5.74) is 0.541. The van der Waals surface area contributed by atoms with Gasteiger partial charge in [-0.05, 0) is 55.5 Å². The van der Waals surface area contributed by atoms with Gasteiger partial charge >= 0.3 is 0 Å². The van der Waals surface area contributed by atoms with Crippen LogP contribution in [0.25, 0.3) is 0 Å². The zero-order valence-electron chi connectivity index (χ0n) is 22.0. The molecule has 0 radical (unpaired) electrons. The first kappa shape index (κ1) is 27.7. The highest BCUT2D eigenvalue weighted by Gasteiger charge is 2.45. The lowest BCUT2D eigenvalue weighted by Crippen LogP contribution is -2.52. The van der Waals surface area contributed by atoms with Crippen molar-refractivity contribution in [1.29, 1.82) is 5.26 Å². The number of carbonyl (C=O) groups excluding carboxylic acids is 3. The predicted molar refractivity (Wildman–Crippen MR) is 138 cm³/mol. The van der Waals surface area contributed by atoms with Crippen LogP contribution in [0.1, 0.15) is 49.5 Å². The van der Waals surface area contributed by atoms with Gasteiger partial charge in [0, 0.05) is 25.3 Å². The Bertz CT molecular complexity index is 1240. The summed E-state index contributed by atoms with van der Waals surface area (Å²) < 4.78 is 19.2. The van der Waals surface area contributed by atoms with Gasteiger partial charge in [-0.15, -0.1) is 0 Å². The number of methoxy groups -OCH3 is 1. The summed E-state index contributed by atoms with van der Waals surface area (Å²) in [6, 6.07) is 11.5. The van der Waals surface area contributed by atoms with E-state index in [1.54, 1.807) is 13.0 Å².